The first-order valence-corrected chi connectivity index (χ1v) is 13.7. The molecule has 0 bridgehead atoms. The van der Waals surface area contributed by atoms with Crippen molar-refractivity contribution in [1.82, 2.24) is 0 Å². The van der Waals surface area contributed by atoms with Crippen LogP contribution in [0.1, 0.15) is 80.4 Å². The first kappa shape index (κ1) is 23.2. The van der Waals surface area contributed by atoms with E-state index in [-0.39, 0.29) is 5.97 Å². The topological polar surface area (TPSA) is 26.3 Å². The van der Waals surface area contributed by atoms with Crippen molar-refractivity contribution in [3.8, 4) is 19.5 Å². The summed E-state index contributed by atoms with van der Waals surface area (Å²) in [6, 6.07) is 10.7. The first-order valence-electron chi connectivity index (χ1n) is 11.2. The van der Waals surface area contributed by atoms with Crippen molar-refractivity contribution in [3.05, 3.63) is 46.2 Å². The van der Waals surface area contributed by atoms with Crippen LogP contribution in [0.2, 0.25) is 0 Å². The third-order valence-corrected chi connectivity index (χ3v) is 8.67. The van der Waals surface area contributed by atoms with Gasteiger partial charge in [0.05, 0.1) is 6.61 Å². The lowest BCUT2D eigenvalue weighted by Gasteiger charge is -2.03. The summed E-state index contributed by atoms with van der Waals surface area (Å²) in [4.78, 5) is 18.2. The molecule has 0 aromatic carbocycles. The Bertz CT molecular complexity index is 890. The summed E-state index contributed by atoms with van der Waals surface area (Å²) in [6.07, 6.45) is 11.6. The minimum atomic E-state index is -0.194. The smallest absolute Gasteiger partial charge is 0.348 e. The fourth-order valence-corrected chi connectivity index (χ4v) is 6.68. The lowest BCUT2D eigenvalue weighted by atomic mass is 10.0. The van der Waals surface area contributed by atoms with E-state index in [0.717, 1.165) is 11.3 Å². The Kier molecular flexibility index (Phi) is 9.63. The molecule has 0 spiro atoms. The molecular formula is C25H32O2S3. The van der Waals surface area contributed by atoms with Gasteiger partial charge in [0.2, 0.25) is 0 Å². The average Bonchev–Trinajstić information content (AvgIpc) is 3.50. The molecule has 30 heavy (non-hydrogen) atoms. The number of aryl methyl sites for hydroxylation is 1. The fraction of sp³-hybridized carbons (Fsp3) is 0.480. The van der Waals surface area contributed by atoms with Crippen molar-refractivity contribution < 1.29 is 9.53 Å². The SMILES string of the molecule is CCCCCCCCCCc1cc(C(=O)OCC)sc1-c1ccc(-c2cccs2)s1. The Labute approximate surface area is 192 Å². The van der Waals surface area contributed by atoms with Gasteiger partial charge in [-0.05, 0) is 55.0 Å². The van der Waals surface area contributed by atoms with Gasteiger partial charge in [-0.25, -0.2) is 4.79 Å². The maximum absolute atomic E-state index is 12.3. The van der Waals surface area contributed by atoms with Crippen LogP contribution in [0.25, 0.3) is 19.5 Å². The quantitative estimate of drug-likeness (QED) is 0.188. The highest BCUT2D eigenvalue weighted by molar-refractivity contribution is 7.26. The number of thiophene rings is 3. The Morgan fingerprint density at radius 3 is 2.30 bits per heavy atom. The molecule has 0 aliphatic heterocycles. The van der Waals surface area contributed by atoms with Gasteiger partial charge in [0.25, 0.3) is 0 Å². The van der Waals surface area contributed by atoms with Gasteiger partial charge in [-0.2, -0.15) is 0 Å². The number of ether oxygens (including phenoxy) is 1. The second-order valence-electron chi connectivity index (χ2n) is 7.55. The van der Waals surface area contributed by atoms with Gasteiger partial charge in [-0.1, -0.05) is 57.9 Å². The number of hydrogen-bond donors (Lipinski definition) is 0. The lowest BCUT2D eigenvalue weighted by Crippen LogP contribution is -2.01. The number of esters is 1. The van der Waals surface area contributed by atoms with Crippen LogP contribution in [0, 0.1) is 0 Å². The largest absolute Gasteiger partial charge is 0.462 e. The van der Waals surface area contributed by atoms with Crippen LogP contribution in [0.4, 0.5) is 0 Å². The summed E-state index contributed by atoms with van der Waals surface area (Å²) in [5, 5.41) is 2.12. The number of carbonyl (C=O) groups excluding carboxylic acids is 1. The van der Waals surface area contributed by atoms with Crippen LogP contribution in [0.3, 0.4) is 0 Å². The van der Waals surface area contributed by atoms with Crippen molar-refractivity contribution in [2.24, 2.45) is 0 Å². The van der Waals surface area contributed by atoms with Crippen molar-refractivity contribution in [2.75, 3.05) is 6.61 Å². The second-order valence-corrected chi connectivity index (χ2v) is 10.6. The predicted octanol–water partition coefficient (Wildman–Crippen LogP) is 9.07. The molecule has 3 aromatic heterocycles. The van der Waals surface area contributed by atoms with E-state index in [4.69, 9.17) is 4.74 Å². The van der Waals surface area contributed by atoms with Crippen LogP contribution in [0.15, 0.2) is 35.7 Å². The summed E-state index contributed by atoms with van der Waals surface area (Å²) >= 11 is 5.18. The van der Waals surface area contributed by atoms with E-state index in [0.29, 0.717) is 6.61 Å². The van der Waals surface area contributed by atoms with Crippen LogP contribution in [-0.2, 0) is 11.2 Å². The van der Waals surface area contributed by atoms with Crippen LogP contribution in [0.5, 0.6) is 0 Å². The Morgan fingerprint density at radius 1 is 0.867 bits per heavy atom. The summed E-state index contributed by atoms with van der Waals surface area (Å²) in [5.41, 5.74) is 1.30. The number of unbranched alkanes of at least 4 members (excludes halogenated alkanes) is 7. The molecule has 0 amide bonds. The maximum atomic E-state index is 12.3. The average molecular weight is 461 g/mol. The molecule has 2 nitrogen and oxygen atoms in total. The van der Waals surface area contributed by atoms with E-state index >= 15 is 0 Å². The Morgan fingerprint density at radius 2 is 1.60 bits per heavy atom. The third kappa shape index (κ3) is 6.53. The molecule has 0 N–H and O–H groups in total. The molecule has 3 heterocycles. The molecule has 3 aromatic rings. The zero-order chi connectivity index (χ0) is 21.2. The van der Waals surface area contributed by atoms with Gasteiger partial charge in [0.1, 0.15) is 4.88 Å². The summed E-state index contributed by atoms with van der Waals surface area (Å²) < 4.78 is 5.26. The monoisotopic (exact) mass is 460 g/mol. The molecule has 0 aliphatic rings. The van der Waals surface area contributed by atoms with E-state index in [1.807, 2.05) is 18.3 Å². The van der Waals surface area contributed by atoms with Gasteiger partial charge in [-0.15, -0.1) is 34.0 Å². The highest BCUT2D eigenvalue weighted by Gasteiger charge is 2.18. The molecule has 3 rings (SSSR count). The zero-order valence-corrected chi connectivity index (χ0v) is 20.5. The van der Waals surface area contributed by atoms with Crippen molar-refractivity contribution in [2.45, 2.75) is 71.6 Å². The fourth-order valence-electron chi connectivity index (χ4n) is 3.59. The van der Waals surface area contributed by atoms with Crippen LogP contribution < -0.4 is 0 Å². The molecule has 162 valence electrons. The summed E-state index contributed by atoms with van der Waals surface area (Å²) in [5.74, 6) is -0.194. The van der Waals surface area contributed by atoms with E-state index < -0.39 is 0 Å². The van der Waals surface area contributed by atoms with E-state index in [1.165, 1.54) is 76.4 Å². The van der Waals surface area contributed by atoms with Crippen LogP contribution >= 0.6 is 34.0 Å². The normalized spacial score (nSPS) is 11.1. The van der Waals surface area contributed by atoms with Crippen molar-refractivity contribution >= 4 is 40.0 Å². The highest BCUT2D eigenvalue weighted by Crippen LogP contribution is 2.41. The van der Waals surface area contributed by atoms with Gasteiger partial charge in [0.15, 0.2) is 0 Å². The van der Waals surface area contributed by atoms with E-state index in [9.17, 15) is 4.79 Å². The molecule has 5 heteroatoms. The first-order chi connectivity index (χ1) is 14.7. The van der Waals surface area contributed by atoms with Crippen LogP contribution in [-0.4, -0.2) is 12.6 Å². The summed E-state index contributed by atoms with van der Waals surface area (Å²) in [6.45, 7) is 4.54. The van der Waals surface area contributed by atoms with Gasteiger partial charge < -0.3 is 4.74 Å². The van der Waals surface area contributed by atoms with E-state index in [1.54, 1.807) is 22.7 Å². The van der Waals surface area contributed by atoms with Crippen molar-refractivity contribution in [1.29, 1.82) is 0 Å². The van der Waals surface area contributed by atoms with Gasteiger partial charge in [-0.3, -0.25) is 0 Å². The molecular weight excluding hydrogens is 428 g/mol. The number of rotatable bonds is 13. The summed E-state index contributed by atoms with van der Waals surface area (Å²) in [7, 11) is 0. The van der Waals surface area contributed by atoms with E-state index in [2.05, 4.69) is 42.6 Å². The maximum Gasteiger partial charge on any atom is 0.348 e. The molecule has 0 saturated heterocycles. The molecule has 0 radical (unpaired) electrons. The Balaban J connectivity index is 1.66. The molecule has 0 aliphatic carbocycles. The molecule has 0 saturated carbocycles. The number of hydrogen-bond acceptors (Lipinski definition) is 5. The van der Waals surface area contributed by atoms with Crippen molar-refractivity contribution in [3.63, 3.8) is 0 Å². The highest BCUT2D eigenvalue weighted by atomic mass is 32.1. The molecule has 0 fully saturated rings. The second kappa shape index (κ2) is 12.4. The predicted molar refractivity (Wildman–Crippen MR) is 133 cm³/mol. The molecule has 0 atom stereocenters. The third-order valence-electron chi connectivity index (χ3n) is 5.18. The van der Waals surface area contributed by atoms with Gasteiger partial charge >= 0.3 is 5.97 Å². The minimum absolute atomic E-state index is 0.194. The van der Waals surface area contributed by atoms with Gasteiger partial charge in [0, 0.05) is 19.5 Å². The standard InChI is InChI=1S/C25H32O2S3/c1-3-5-6-7-8-9-10-11-13-19-18-23(25(26)27-4-2)30-24(19)22-16-15-21(29-22)20-14-12-17-28-20/h12,14-18H,3-11,13H2,1-2H3. The molecule has 0 unspecified atom stereocenters. The zero-order valence-electron chi connectivity index (χ0n) is 18.1. The Hall–Kier alpha value is -1.43. The number of carbonyl (C=O) groups is 1. The minimum Gasteiger partial charge on any atom is -0.462 e. The lowest BCUT2D eigenvalue weighted by molar-refractivity contribution is 0.0532.